The number of hydrogen-bond acceptors (Lipinski definition) is 2. The third-order valence-electron chi connectivity index (χ3n) is 3.02. The van der Waals surface area contributed by atoms with Gasteiger partial charge in [-0.2, -0.15) is 0 Å². The molecule has 0 fully saturated rings. The summed E-state index contributed by atoms with van der Waals surface area (Å²) in [5.41, 5.74) is 3.50. The molecule has 0 radical (unpaired) electrons. The molecule has 0 saturated heterocycles. The highest BCUT2D eigenvalue weighted by molar-refractivity contribution is 6.30. The summed E-state index contributed by atoms with van der Waals surface area (Å²) in [6, 6.07) is 14.0. The van der Waals surface area contributed by atoms with E-state index in [-0.39, 0.29) is 0 Å². The Bertz CT molecular complexity index is 554. The van der Waals surface area contributed by atoms with Crippen molar-refractivity contribution >= 4 is 11.6 Å². The molecule has 0 atom stereocenters. The second kappa shape index (κ2) is 6.60. The van der Waals surface area contributed by atoms with Gasteiger partial charge < -0.3 is 10.1 Å². The quantitative estimate of drug-likeness (QED) is 0.886. The third-order valence-corrected chi connectivity index (χ3v) is 3.25. The van der Waals surface area contributed by atoms with Crippen molar-refractivity contribution < 1.29 is 4.74 Å². The molecule has 100 valence electrons. The lowest BCUT2D eigenvalue weighted by Crippen LogP contribution is -2.12. The first-order valence-electron chi connectivity index (χ1n) is 6.38. The summed E-state index contributed by atoms with van der Waals surface area (Å²) in [4.78, 5) is 0. The molecule has 2 aromatic carbocycles. The smallest absolute Gasteiger partial charge is 0.119 e. The summed E-state index contributed by atoms with van der Waals surface area (Å²) in [6.07, 6.45) is 0. The van der Waals surface area contributed by atoms with E-state index in [4.69, 9.17) is 16.3 Å². The van der Waals surface area contributed by atoms with Crippen molar-refractivity contribution in [2.24, 2.45) is 0 Å². The molecule has 2 nitrogen and oxygen atoms in total. The van der Waals surface area contributed by atoms with Crippen molar-refractivity contribution in [3.8, 4) is 16.9 Å². The molecule has 0 amide bonds. The first-order valence-corrected chi connectivity index (χ1v) is 6.76. The molecule has 19 heavy (non-hydrogen) atoms. The zero-order valence-corrected chi connectivity index (χ0v) is 12.0. The van der Waals surface area contributed by atoms with Gasteiger partial charge >= 0.3 is 0 Å². The molecular formula is C16H18ClNO. The monoisotopic (exact) mass is 275 g/mol. The number of nitrogens with one attached hydrogen (secondary N) is 1. The van der Waals surface area contributed by atoms with E-state index in [1.165, 1.54) is 5.56 Å². The van der Waals surface area contributed by atoms with Crippen LogP contribution in [0.4, 0.5) is 0 Å². The molecule has 0 saturated carbocycles. The van der Waals surface area contributed by atoms with Crippen LogP contribution in [0, 0.1) is 0 Å². The summed E-state index contributed by atoms with van der Waals surface area (Å²) < 4.78 is 5.28. The zero-order chi connectivity index (χ0) is 13.7. The van der Waals surface area contributed by atoms with Crippen molar-refractivity contribution in [1.29, 1.82) is 0 Å². The highest BCUT2D eigenvalue weighted by Gasteiger charge is 2.07. The Labute approximate surface area is 119 Å². The van der Waals surface area contributed by atoms with Gasteiger partial charge in [0.1, 0.15) is 5.75 Å². The third kappa shape index (κ3) is 3.49. The maximum atomic E-state index is 6.12. The minimum atomic E-state index is 0.748. The van der Waals surface area contributed by atoms with Gasteiger partial charge in [-0.3, -0.25) is 0 Å². The fourth-order valence-electron chi connectivity index (χ4n) is 2.02. The minimum absolute atomic E-state index is 0.748. The van der Waals surface area contributed by atoms with Crippen LogP contribution in [0.2, 0.25) is 5.02 Å². The Hall–Kier alpha value is -1.51. The Kier molecular flexibility index (Phi) is 4.83. The van der Waals surface area contributed by atoms with E-state index in [2.05, 4.69) is 24.4 Å². The van der Waals surface area contributed by atoms with Gasteiger partial charge in [0.05, 0.1) is 7.11 Å². The number of ether oxygens (including phenoxy) is 1. The normalized spacial score (nSPS) is 10.5. The van der Waals surface area contributed by atoms with E-state index < -0.39 is 0 Å². The highest BCUT2D eigenvalue weighted by Crippen LogP contribution is 2.29. The zero-order valence-electron chi connectivity index (χ0n) is 11.2. The van der Waals surface area contributed by atoms with E-state index in [1.807, 2.05) is 30.3 Å². The Balaban J connectivity index is 2.43. The van der Waals surface area contributed by atoms with E-state index in [1.54, 1.807) is 7.11 Å². The first-order chi connectivity index (χ1) is 9.24. The van der Waals surface area contributed by atoms with Gasteiger partial charge in [-0.15, -0.1) is 0 Å². The topological polar surface area (TPSA) is 21.3 Å². The molecule has 2 rings (SSSR count). The van der Waals surface area contributed by atoms with Gasteiger partial charge in [-0.25, -0.2) is 0 Å². The average Bonchev–Trinajstić information content (AvgIpc) is 2.46. The largest absolute Gasteiger partial charge is 0.497 e. The van der Waals surface area contributed by atoms with Gasteiger partial charge in [0, 0.05) is 11.6 Å². The maximum absolute atomic E-state index is 6.12. The second-order valence-corrected chi connectivity index (χ2v) is 4.75. The number of benzene rings is 2. The van der Waals surface area contributed by atoms with Crippen LogP contribution in [0.15, 0.2) is 42.5 Å². The molecule has 0 aliphatic rings. The number of rotatable bonds is 5. The maximum Gasteiger partial charge on any atom is 0.119 e. The van der Waals surface area contributed by atoms with Gasteiger partial charge in [0.25, 0.3) is 0 Å². The van der Waals surface area contributed by atoms with Crippen LogP contribution in [-0.2, 0) is 6.54 Å². The van der Waals surface area contributed by atoms with E-state index in [0.29, 0.717) is 0 Å². The molecular weight excluding hydrogens is 258 g/mol. The van der Waals surface area contributed by atoms with E-state index in [0.717, 1.165) is 35.0 Å². The van der Waals surface area contributed by atoms with Crippen LogP contribution in [0.1, 0.15) is 12.5 Å². The molecule has 0 unspecified atom stereocenters. The predicted octanol–water partition coefficient (Wildman–Crippen LogP) is 4.13. The van der Waals surface area contributed by atoms with E-state index in [9.17, 15) is 0 Å². The Morgan fingerprint density at radius 1 is 1.16 bits per heavy atom. The van der Waals surface area contributed by atoms with Crippen molar-refractivity contribution in [1.82, 2.24) is 5.32 Å². The molecule has 0 heterocycles. The van der Waals surface area contributed by atoms with Crippen LogP contribution in [0.5, 0.6) is 5.75 Å². The minimum Gasteiger partial charge on any atom is -0.497 e. The summed E-state index contributed by atoms with van der Waals surface area (Å²) in [5.74, 6) is 0.854. The lowest BCUT2D eigenvalue weighted by atomic mass is 9.99. The summed E-state index contributed by atoms with van der Waals surface area (Å²) in [7, 11) is 1.68. The average molecular weight is 276 g/mol. The molecule has 0 aliphatic heterocycles. The van der Waals surface area contributed by atoms with Crippen LogP contribution >= 0.6 is 11.6 Å². The molecule has 0 aromatic heterocycles. The highest BCUT2D eigenvalue weighted by atomic mass is 35.5. The summed E-state index contributed by atoms with van der Waals surface area (Å²) in [6.45, 7) is 3.88. The molecule has 3 heteroatoms. The Morgan fingerprint density at radius 3 is 2.74 bits per heavy atom. The molecule has 2 aromatic rings. The van der Waals surface area contributed by atoms with Crippen LogP contribution in [0.3, 0.4) is 0 Å². The van der Waals surface area contributed by atoms with E-state index >= 15 is 0 Å². The van der Waals surface area contributed by atoms with Gasteiger partial charge in [0.2, 0.25) is 0 Å². The number of methoxy groups -OCH3 is 1. The van der Waals surface area contributed by atoms with Crippen molar-refractivity contribution in [3.63, 3.8) is 0 Å². The van der Waals surface area contributed by atoms with Gasteiger partial charge in [-0.05, 0) is 47.5 Å². The van der Waals surface area contributed by atoms with Gasteiger partial charge in [-0.1, -0.05) is 36.7 Å². The first kappa shape index (κ1) is 13.9. The molecule has 0 bridgehead atoms. The number of halogens is 1. The standard InChI is InChI=1S/C16H18ClNO/c1-3-18-11-13-7-8-14(17)10-16(13)12-5-4-6-15(9-12)19-2/h4-10,18H,3,11H2,1-2H3. The predicted molar refractivity (Wildman–Crippen MR) is 80.8 cm³/mol. The lowest BCUT2D eigenvalue weighted by Gasteiger charge is -2.12. The van der Waals surface area contributed by atoms with Gasteiger partial charge in [0.15, 0.2) is 0 Å². The Morgan fingerprint density at radius 2 is 2.00 bits per heavy atom. The van der Waals surface area contributed by atoms with Crippen molar-refractivity contribution in [2.45, 2.75) is 13.5 Å². The summed E-state index contributed by atoms with van der Waals surface area (Å²) >= 11 is 6.12. The second-order valence-electron chi connectivity index (χ2n) is 4.31. The number of hydrogen-bond donors (Lipinski definition) is 1. The van der Waals surface area contributed by atoms with Crippen LogP contribution < -0.4 is 10.1 Å². The fraction of sp³-hybridized carbons (Fsp3) is 0.250. The summed E-state index contributed by atoms with van der Waals surface area (Å²) in [5, 5.41) is 4.10. The molecule has 0 spiro atoms. The van der Waals surface area contributed by atoms with Crippen LogP contribution in [0.25, 0.3) is 11.1 Å². The lowest BCUT2D eigenvalue weighted by molar-refractivity contribution is 0.415. The fourth-order valence-corrected chi connectivity index (χ4v) is 2.19. The van der Waals surface area contributed by atoms with Crippen molar-refractivity contribution in [2.75, 3.05) is 13.7 Å². The SMILES string of the molecule is CCNCc1ccc(Cl)cc1-c1cccc(OC)c1. The molecule has 1 N–H and O–H groups in total. The van der Waals surface area contributed by atoms with Crippen LogP contribution in [-0.4, -0.2) is 13.7 Å². The molecule has 0 aliphatic carbocycles. The van der Waals surface area contributed by atoms with Crippen molar-refractivity contribution in [3.05, 3.63) is 53.1 Å².